The lowest BCUT2D eigenvalue weighted by Gasteiger charge is -2.36. The van der Waals surface area contributed by atoms with Gasteiger partial charge in [0.25, 0.3) is 5.82 Å². The van der Waals surface area contributed by atoms with E-state index in [0.29, 0.717) is 17.8 Å². The zero-order chi connectivity index (χ0) is 22.1. The second kappa shape index (κ2) is 10.4. The van der Waals surface area contributed by atoms with Crippen LogP contribution in [0.3, 0.4) is 0 Å². The number of imidazole rings is 1. The molecule has 0 saturated heterocycles. The van der Waals surface area contributed by atoms with Crippen LogP contribution in [0.4, 0.5) is 0 Å². The number of carbonyl (C=O) groups excluding carboxylic acids is 1. The van der Waals surface area contributed by atoms with Gasteiger partial charge in [0.15, 0.2) is 17.6 Å². The SMILES string of the molecule is Cc1cccc(-c2n(CC(=O)O[C@@H]3C[C@H](C)CC[C@H]3C(C)C)c3ccccc3[n+]2C)c1.[I-]. The van der Waals surface area contributed by atoms with Crippen molar-refractivity contribution >= 4 is 17.0 Å². The molecule has 1 aliphatic carbocycles. The number of fused-ring (bicyclic) bond motifs is 1. The number of rotatable bonds is 5. The Labute approximate surface area is 209 Å². The molecule has 1 aromatic heterocycles. The van der Waals surface area contributed by atoms with E-state index in [1.165, 1.54) is 12.0 Å². The fourth-order valence-corrected chi connectivity index (χ4v) is 5.26. The molecule has 2 aromatic carbocycles. The maximum absolute atomic E-state index is 13.2. The highest BCUT2D eigenvalue weighted by Gasteiger charge is 2.34. The van der Waals surface area contributed by atoms with Gasteiger partial charge in [0, 0.05) is 0 Å². The third-order valence-electron chi connectivity index (χ3n) is 6.91. The molecule has 0 N–H and O–H groups in total. The zero-order valence-corrected chi connectivity index (χ0v) is 22.0. The standard InChI is InChI=1S/C27H35N2O2.HI/c1-18(2)22-14-13-20(4)16-25(22)31-26(30)17-29-24-12-7-6-11-23(24)28(5)27(29)21-10-8-9-19(3)15-21;/h6-12,15,18,20,22,25H,13-14,16-17H2,1-5H3;1H/q+1;/p-1/t20-,22+,25-;/m1./s1. The summed E-state index contributed by atoms with van der Waals surface area (Å²) in [5, 5.41) is 0. The Bertz CT molecular complexity index is 1090. The van der Waals surface area contributed by atoms with E-state index in [4.69, 9.17) is 4.74 Å². The van der Waals surface area contributed by atoms with Crippen molar-refractivity contribution in [1.29, 1.82) is 0 Å². The van der Waals surface area contributed by atoms with Crippen LogP contribution in [-0.4, -0.2) is 16.6 Å². The van der Waals surface area contributed by atoms with Crippen LogP contribution in [0.25, 0.3) is 22.4 Å². The zero-order valence-electron chi connectivity index (χ0n) is 19.8. The van der Waals surface area contributed by atoms with Gasteiger partial charge in [-0.15, -0.1) is 0 Å². The third kappa shape index (κ3) is 5.03. The summed E-state index contributed by atoms with van der Waals surface area (Å²) in [6.07, 6.45) is 3.37. The van der Waals surface area contributed by atoms with E-state index >= 15 is 0 Å². The van der Waals surface area contributed by atoms with Crippen molar-refractivity contribution in [2.45, 2.75) is 59.6 Å². The van der Waals surface area contributed by atoms with E-state index in [0.717, 1.165) is 35.3 Å². The number of benzene rings is 2. The van der Waals surface area contributed by atoms with E-state index in [1.807, 2.05) is 12.1 Å². The van der Waals surface area contributed by atoms with Crippen molar-refractivity contribution in [3.8, 4) is 11.4 Å². The summed E-state index contributed by atoms with van der Waals surface area (Å²) in [5.41, 5.74) is 4.47. The average Bonchev–Trinajstić information content (AvgIpc) is 2.99. The van der Waals surface area contributed by atoms with E-state index in [2.05, 4.69) is 80.3 Å². The monoisotopic (exact) mass is 546 g/mol. The first-order valence-electron chi connectivity index (χ1n) is 11.6. The Kier molecular flexibility index (Phi) is 8.01. The number of hydrogen-bond donors (Lipinski definition) is 0. The van der Waals surface area contributed by atoms with Gasteiger partial charge in [0.05, 0.1) is 12.6 Å². The van der Waals surface area contributed by atoms with Crippen molar-refractivity contribution in [3.05, 3.63) is 54.1 Å². The first-order valence-corrected chi connectivity index (χ1v) is 11.6. The number of aromatic nitrogens is 2. The van der Waals surface area contributed by atoms with Crippen LogP contribution in [0, 0.1) is 24.7 Å². The maximum atomic E-state index is 13.2. The minimum Gasteiger partial charge on any atom is -1.00 e. The second-order valence-corrected chi connectivity index (χ2v) is 9.68. The Balaban J connectivity index is 0.00000289. The molecule has 172 valence electrons. The number of esters is 1. The molecule has 32 heavy (non-hydrogen) atoms. The molecule has 4 nitrogen and oxygen atoms in total. The molecule has 1 saturated carbocycles. The lowest BCUT2D eigenvalue weighted by molar-refractivity contribution is -0.634. The quantitative estimate of drug-likeness (QED) is 0.280. The van der Waals surface area contributed by atoms with Gasteiger partial charge in [0.1, 0.15) is 6.10 Å². The van der Waals surface area contributed by atoms with Gasteiger partial charge in [-0.3, -0.25) is 0 Å². The van der Waals surface area contributed by atoms with Crippen molar-refractivity contribution < 1.29 is 38.1 Å². The van der Waals surface area contributed by atoms with Crippen LogP contribution in [0.2, 0.25) is 0 Å². The summed E-state index contributed by atoms with van der Waals surface area (Å²) in [6, 6.07) is 16.7. The summed E-state index contributed by atoms with van der Waals surface area (Å²) in [7, 11) is 2.07. The number of hydrogen-bond acceptors (Lipinski definition) is 2. The normalized spacial score (nSPS) is 20.9. The summed E-state index contributed by atoms with van der Waals surface area (Å²) >= 11 is 0. The Morgan fingerprint density at radius 1 is 1.16 bits per heavy atom. The predicted molar refractivity (Wildman–Crippen MR) is 125 cm³/mol. The molecule has 0 bridgehead atoms. The second-order valence-electron chi connectivity index (χ2n) is 9.68. The van der Waals surface area contributed by atoms with Crippen LogP contribution in [0.1, 0.15) is 45.6 Å². The smallest absolute Gasteiger partial charge is 0.348 e. The topological polar surface area (TPSA) is 35.1 Å². The molecule has 0 amide bonds. The van der Waals surface area contributed by atoms with Gasteiger partial charge in [0.2, 0.25) is 0 Å². The van der Waals surface area contributed by atoms with E-state index in [1.54, 1.807) is 0 Å². The average molecular weight is 546 g/mol. The molecular formula is C27H35IN2O2. The van der Waals surface area contributed by atoms with Gasteiger partial charge in [-0.1, -0.05) is 57.0 Å². The van der Waals surface area contributed by atoms with Gasteiger partial charge in [-0.2, -0.15) is 0 Å². The van der Waals surface area contributed by atoms with Crippen LogP contribution in [0.5, 0.6) is 0 Å². The highest BCUT2D eigenvalue weighted by Crippen LogP contribution is 2.35. The van der Waals surface area contributed by atoms with Gasteiger partial charge in [-0.25, -0.2) is 13.9 Å². The third-order valence-corrected chi connectivity index (χ3v) is 6.91. The van der Waals surface area contributed by atoms with Crippen molar-refractivity contribution in [2.75, 3.05) is 0 Å². The molecule has 0 aliphatic heterocycles. The molecular weight excluding hydrogens is 511 g/mol. The van der Waals surface area contributed by atoms with E-state index < -0.39 is 0 Å². The molecule has 1 aliphatic rings. The summed E-state index contributed by atoms with van der Waals surface area (Å²) in [5.74, 6) is 2.48. The molecule has 5 heteroatoms. The minimum atomic E-state index is -0.139. The molecule has 1 fully saturated rings. The summed E-state index contributed by atoms with van der Waals surface area (Å²) in [6.45, 7) is 9.08. The van der Waals surface area contributed by atoms with Crippen LogP contribution in [0.15, 0.2) is 48.5 Å². The molecule has 3 atom stereocenters. The first-order chi connectivity index (χ1) is 14.8. The van der Waals surface area contributed by atoms with Gasteiger partial charge >= 0.3 is 5.97 Å². The summed E-state index contributed by atoms with van der Waals surface area (Å²) in [4.78, 5) is 13.2. The lowest BCUT2D eigenvalue weighted by Crippen LogP contribution is -3.00. The number of nitrogens with zero attached hydrogens (tertiary/aromatic N) is 2. The summed E-state index contributed by atoms with van der Waals surface area (Å²) < 4.78 is 10.4. The van der Waals surface area contributed by atoms with E-state index in [9.17, 15) is 4.79 Å². The van der Waals surface area contributed by atoms with Crippen molar-refractivity contribution in [1.82, 2.24) is 4.57 Å². The Hall–Kier alpha value is -1.89. The maximum Gasteiger partial charge on any atom is 0.348 e. The number of aryl methyl sites for hydroxylation is 2. The molecule has 1 heterocycles. The molecule has 4 rings (SSSR count). The molecule has 0 spiro atoms. The number of ether oxygens (including phenoxy) is 1. The lowest BCUT2D eigenvalue weighted by atomic mass is 9.75. The van der Waals surface area contributed by atoms with Crippen molar-refractivity contribution in [2.24, 2.45) is 24.8 Å². The molecule has 3 aromatic rings. The number of carbonyl (C=O) groups is 1. The molecule has 0 radical (unpaired) electrons. The minimum absolute atomic E-state index is 0. The fourth-order valence-electron chi connectivity index (χ4n) is 5.26. The van der Waals surface area contributed by atoms with Crippen LogP contribution >= 0.6 is 0 Å². The Morgan fingerprint density at radius 2 is 1.91 bits per heavy atom. The van der Waals surface area contributed by atoms with Crippen LogP contribution in [-0.2, 0) is 23.1 Å². The number of halogens is 1. The van der Waals surface area contributed by atoms with Crippen LogP contribution < -0.4 is 28.5 Å². The van der Waals surface area contributed by atoms with Gasteiger partial charge in [-0.05, 0) is 61.8 Å². The Morgan fingerprint density at radius 3 is 2.62 bits per heavy atom. The highest BCUT2D eigenvalue weighted by atomic mass is 127. The molecule has 0 unspecified atom stereocenters. The van der Waals surface area contributed by atoms with Crippen molar-refractivity contribution in [3.63, 3.8) is 0 Å². The van der Waals surface area contributed by atoms with Gasteiger partial charge < -0.3 is 28.7 Å². The largest absolute Gasteiger partial charge is 1.00 e. The predicted octanol–water partition coefficient (Wildman–Crippen LogP) is 2.45. The number of para-hydroxylation sites is 2. The van der Waals surface area contributed by atoms with E-state index in [-0.39, 0.29) is 42.6 Å². The fraction of sp³-hybridized carbons (Fsp3) is 0.481. The highest BCUT2D eigenvalue weighted by molar-refractivity contribution is 5.79. The first kappa shape index (κ1) is 24.7.